The molecule has 0 saturated carbocycles. The molecule has 1 aliphatic carbocycles. The van der Waals surface area contributed by atoms with E-state index in [9.17, 15) is 15.2 Å². The summed E-state index contributed by atoms with van der Waals surface area (Å²) in [6.45, 7) is 1.46. The topological polar surface area (TPSA) is 75.4 Å². The van der Waals surface area contributed by atoms with E-state index >= 15 is 0 Å². The van der Waals surface area contributed by atoms with Crippen LogP contribution in [0, 0.1) is 10.1 Å². The number of nitrogens with one attached hydrogen (secondary N) is 1. The highest BCUT2D eigenvalue weighted by Crippen LogP contribution is 2.19. The summed E-state index contributed by atoms with van der Waals surface area (Å²) in [5.74, 6) is -0.00525. The second kappa shape index (κ2) is 3.53. The van der Waals surface area contributed by atoms with E-state index in [1.807, 2.05) is 0 Å². The number of hydrogen-bond donors (Lipinski definition) is 2. The van der Waals surface area contributed by atoms with E-state index in [2.05, 4.69) is 5.32 Å². The number of nitrogens with zero attached hydrogens (tertiary/aromatic N) is 1. The van der Waals surface area contributed by atoms with Crippen molar-refractivity contribution in [1.29, 1.82) is 0 Å². The molecule has 0 aliphatic heterocycles. The zero-order chi connectivity index (χ0) is 10.8. The molecule has 0 spiro atoms. The van der Waals surface area contributed by atoms with Gasteiger partial charge in [-0.15, -0.1) is 0 Å². The smallest absolute Gasteiger partial charge is 0.256 e. The monoisotopic (exact) mass is 196 g/mol. The van der Waals surface area contributed by atoms with Crippen LogP contribution in [0.4, 0.5) is 0 Å². The molecule has 1 rings (SSSR count). The first kappa shape index (κ1) is 10.3. The number of rotatable bonds is 2. The summed E-state index contributed by atoms with van der Waals surface area (Å²) in [5.41, 5.74) is -0.793. The van der Waals surface area contributed by atoms with Gasteiger partial charge in [0.2, 0.25) is 0 Å². The Labute approximate surface area is 81.6 Å². The van der Waals surface area contributed by atoms with E-state index in [0.717, 1.165) is 0 Å². The van der Waals surface area contributed by atoms with Crippen molar-refractivity contribution in [3.63, 3.8) is 0 Å². The molecular weight excluding hydrogens is 184 g/mol. The minimum absolute atomic E-state index is 0.00525. The second-order valence-corrected chi connectivity index (χ2v) is 3.20. The molecule has 76 valence electrons. The van der Waals surface area contributed by atoms with Crippen LogP contribution in [0.2, 0.25) is 0 Å². The van der Waals surface area contributed by atoms with Gasteiger partial charge in [-0.25, -0.2) is 0 Å². The van der Waals surface area contributed by atoms with Crippen molar-refractivity contribution in [1.82, 2.24) is 5.32 Å². The van der Waals surface area contributed by atoms with E-state index in [1.54, 1.807) is 7.05 Å². The highest BCUT2D eigenvalue weighted by atomic mass is 16.6. The van der Waals surface area contributed by atoms with Gasteiger partial charge in [-0.2, -0.15) is 0 Å². The van der Waals surface area contributed by atoms with Crippen LogP contribution in [0.5, 0.6) is 0 Å². The van der Waals surface area contributed by atoms with E-state index in [1.165, 1.54) is 31.2 Å². The molecule has 0 fully saturated rings. The number of aliphatic hydroxyl groups is 1. The molecule has 1 aliphatic rings. The predicted molar refractivity (Wildman–Crippen MR) is 52.4 cm³/mol. The Morgan fingerprint density at radius 1 is 1.50 bits per heavy atom. The third kappa shape index (κ3) is 1.76. The minimum Gasteiger partial charge on any atom is -0.506 e. The fraction of sp³-hybridized carbons (Fsp3) is 0.333. The van der Waals surface area contributed by atoms with Crippen molar-refractivity contribution in [3.05, 3.63) is 45.9 Å². The fourth-order valence-electron chi connectivity index (χ4n) is 1.06. The summed E-state index contributed by atoms with van der Waals surface area (Å²) >= 11 is 0. The van der Waals surface area contributed by atoms with Gasteiger partial charge in [0, 0.05) is 18.9 Å². The van der Waals surface area contributed by atoms with E-state index in [4.69, 9.17) is 0 Å². The molecule has 0 aromatic rings. The van der Waals surface area contributed by atoms with Crippen molar-refractivity contribution in [3.8, 4) is 0 Å². The zero-order valence-electron chi connectivity index (χ0n) is 8.02. The summed E-state index contributed by atoms with van der Waals surface area (Å²) in [6.07, 6.45) is 5.61. The van der Waals surface area contributed by atoms with Crippen molar-refractivity contribution in [2.45, 2.75) is 12.5 Å². The number of aliphatic hydroxyl groups excluding tert-OH is 1. The van der Waals surface area contributed by atoms with Crippen LogP contribution in [0.3, 0.4) is 0 Å². The molecule has 14 heavy (non-hydrogen) atoms. The standard InChI is InChI=1S/C9H12N2O3/c1-9(11(13)14)5-3-7(10-2)8(12)4-6-9/h3-6,10,12H,1-2H3. The summed E-state index contributed by atoms with van der Waals surface area (Å²) in [4.78, 5) is 10.3. The van der Waals surface area contributed by atoms with Gasteiger partial charge in [0.25, 0.3) is 5.54 Å². The maximum absolute atomic E-state index is 10.7. The summed E-state index contributed by atoms with van der Waals surface area (Å²) in [5, 5.41) is 22.9. The fourth-order valence-corrected chi connectivity index (χ4v) is 1.06. The van der Waals surface area contributed by atoms with Crippen LogP contribution in [-0.4, -0.2) is 22.6 Å². The Bertz CT molecular complexity index is 344. The average Bonchev–Trinajstić information content (AvgIpc) is 2.28. The predicted octanol–water partition coefficient (Wildman–Crippen LogP) is 1.14. The van der Waals surface area contributed by atoms with Crippen LogP contribution >= 0.6 is 0 Å². The first-order chi connectivity index (χ1) is 6.49. The first-order valence-electron chi connectivity index (χ1n) is 4.13. The van der Waals surface area contributed by atoms with Crippen molar-refractivity contribution in [2.24, 2.45) is 0 Å². The zero-order valence-corrected chi connectivity index (χ0v) is 8.02. The van der Waals surface area contributed by atoms with Gasteiger partial charge >= 0.3 is 0 Å². The third-order valence-corrected chi connectivity index (χ3v) is 2.10. The molecule has 5 heteroatoms. The molecule has 1 atom stereocenters. The van der Waals surface area contributed by atoms with Crippen LogP contribution in [0.1, 0.15) is 6.92 Å². The third-order valence-electron chi connectivity index (χ3n) is 2.10. The Hall–Kier alpha value is -1.78. The highest BCUT2D eigenvalue weighted by Gasteiger charge is 2.31. The number of allylic oxidation sites excluding steroid dienone is 2. The summed E-state index contributed by atoms with van der Waals surface area (Å²) < 4.78 is 0. The highest BCUT2D eigenvalue weighted by molar-refractivity contribution is 5.34. The normalized spacial score (nSPS) is 26.1. The van der Waals surface area contributed by atoms with Crippen molar-refractivity contribution < 1.29 is 10.0 Å². The first-order valence-corrected chi connectivity index (χ1v) is 4.13. The lowest BCUT2D eigenvalue weighted by Crippen LogP contribution is -2.29. The molecule has 0 radical (unpaired) electrons. The average molecular weight is 196 g/mol. The van der Waals surface area contributed by atoms with Gasteiger partial charge in [-0.3, -0.25) is 10.1 Å². The Morgan fingerprint density at radius 3 is 2.57 bits per heavy atom. The number of likely N-dealkylation sites (N-methyl/N-ethyl adjacent to an activating group) is 1. The maximum Gasteiger partial charge on any atom is 0.256 e. The number of nitro groups is 1. The molecule has 1 unspecified atom stereocenters. The van der Waals surface area contributed by atoms with Crippen LogP contribution in [0.15, 0.2) is 35.8 Å². The molecule has 0 aromatic heterocycles. The number of hydrogen-bond acceptors (Lipinski definition) is 4. The minimum atomic E-state index is -1.26. The van der Waals surface area contributed by atoms with E-state index in [-0.39, 0.29) is 5.76 Å². The molecular formula is C9H12N2O3. The van der Waals surface area contributed by atoms with E-state index in [0.29, 0.717) is 5.70 Å². The van der Waals surface area contributed by atoms with Crippen LogP contribution in [0.25, 0.3) is 0 Å². The van der Waals surface area contributed by atoms with E-state index < -0.39 is 10.5 Å². The molecule has 2 N–H and O–H groups in total. The van der Waals surface area contributed by atoms with Gasteiger partial charge < -0.3 is 10.4 Å². The summed E-state index contributed by atoms with van der Waals surface area (Å²) in [7, 11) is 1.64. The molecule has 0 bridgehead atoms. The largest absolute Gasteiger partial charge is 0.506 e. The SMILES string of the molecule is CNC1=C(O)C=CC(C)([N+](=O)[O-])C=C1. The van der Waals surface area contributed by atoms with Crippen LogP contribution in [-0.2, 0) is 0 Å². The lowest BCUT2D eigenvalue weighted by Gasteiger charge is -2.10. The van der Waals surface area contributed by atoms with Gasteiger partial charge in [0.05, 0.1) is 5.70 Å². The molecule has 0 saturated heterocycles. The maximum atomic E-state index is 10.7. The Morgan fingerprint density at radius 2 is 2.07 bits per heavy atom. The quantitative estimate of drug-likeness (QED) is 0.513. The van der Waals surface area contributed by atoms with Gasteiger partial charge in [-0.1, -0.05) is 0 Å². The lowest BCUT2D eigenvalue weighted by atomic mass is 10.0. The van der Waals surface area contributed by atoms with Crippen LogP contribution < -0.4 is 5.32 Å². The Balaban J connectivity index is 3.09. The van der Waals surface area contributed by atoms with Crippen molar-refractivity contribution >= 4 is 0 Å². The van der Waals surface area contributed by atoms with Gasteiger partial charge in [-0.05, 0) is 24.3 Å². The van der Waals surface area contributed by atoms with Gasteiger partial charge in [0.15, 0.2) is 0 Å². The summed E-state index contributed by atoms with van der Waals surface area (Å²) in [6, 6.07) is 0. The lowest BCUT2D eigenvalue weighted by molar-refractivity contribution is -0.535. The second-order valence-electron chi connectivity index (χ2n) is 3.20. The molecule has 5 nitrogen and oxygen atoms in total. The molecule has 0 heterocycles. The molecule has 0 aromatic carbocycles. The van der Waals surface area contributed by atoms with Gasteiger partial charge in [0.1, 0.15) is 5.76 Å². The van der Waals surface area contributed by atoms with Crippen molar-refractivity contribution in [2.75, 3.05) is 7.05 Å². The molecule has 0 amide bonds. The Kier molecular flexibility index (Phi) is 2.60.